The topological polar surface area (TPSA) is 197 Å². The Kier molecular flexibility index (Phi) is 10.3. The van der Waals surface area contributed by atoms with Gasteiger partial charge in [-0.25, -0.2) is 0 Å². The minimum Gasteiger partial charge on any atom is -0.396 e. The maximum atomic E-state index is 11.1. The first-order valence-electron chi connectivity index (χ1n) is 20.0. The van der Waals surface area contributed by atoms with E-state index in [0.717, 1.165) is 38.5 Å². The molecular weight excluding hydrogens is 676 g/mol. The second-order valence-corrected chi connectivity index (χ2v) is 18.2. The van der Waals surface area contributed by atoms with Crippen LogP contribution in [0.1, 0.15) is 85.5 Å². The molecule has 7 fully saturated rings. The molecule has 0 unspecified atom stereocenters. The molecule has 1 spiro atoms. The van der Waals surface area contributed by atoms with E-state index in [1.54, 1.807) is 0 Å². The van der Waals surface area contributed by atoms with Gasteiger partial charge >= 0.3 is 0 Å². The van der Waals surface area contributed by atoms with E-state index >= 15 is 0 Å². The standard InChI is InChI=1S/C39H62O13/c1-18-28-26(52-39(18)12-7-20(15-40)17-47-39)14-25-23-6-5-21-13-22(8-10-37(21,3)24(23)9-11-38(25,28)4)49-36-34(32(45)30(43)27(16-41)50-36)51-35-33(46)31(44)29(42)19(2)48-35/h5,18-20,22-36,40-46H,6-17H2,1-4H3/t18-,19-,20+,22-,23+,24-,25-,26-,27+,28-,29-,30+,31+,32-,33+,34+,35-,36+,37-,38-,39+/m0/s1. The lowest BCUT2D eigenvalue weighted by Crippen LogP contribution is -2.64. The van der Waals surface area contributed by atoms with Crippen LogP contribution < -0.4 is 0 Å². The Hall–Kier alpha value is -0.780. The van der Waals surface area contributed by atoms with Gasteiger partial charge in [0.2, 0.25) is 0 Å². The third-order valence-electron chi connectivity index (χ3n) is 15.7. The van der Waals surface area contributed by atoms with Gasteiger partial charge in [-0.15, -0.1) is 0 Å². The van der Waals surface area contributed by atoms with Gasteiger partial charge in [0.25, 0.3) is 0 Å². The summed E-state index contributed by atoms with van der Waals surface area (Å²) in [7, 11) is 0. The van der Waals surface area contributed by atoms with Gasteiger partial charge in [-0.1, -0.05) is 32.4 Å². The number of fused-ring (bicyclic) bond motifs is 7. The quantitative estimate of drug-likeness (QED) is 0.193. The zero-order valence-electron chi connectivity index (χ0n) is 31.0. The van der Waals surface area contributed by atoms with Crippen molar-refractivity contribution in [2.75, 3.05) is 19.8 Å². The van der Waals surface area contributed by atoms with E-state index in [9.17, 15) is 35.7 Å². The summed E-state index contributed by atoms with van der Waals surface area (Å²) in [5.41, 5.74) is 1.60. The van der Waals surface area contributed by atoms with E-state index in [0.29, 0.717) is 42.6 Å². The third-order valence-corrected chi connectivity index (χ3v) is 15.7. The Balaban J connectivity index is 0.958. The van der Waals surface area contributed by atoms with Crippen molar-refractivity contribution in [3.63, 3.8) is 0 Å². The van der Waals surface area contributed by atoms with Crippen LogP contribution in [0, 0.1) is 46.3 Å². The second kappa shape index (κ2) is 14.0. The normalized spacial score (nSPS) is 57.5. The summed E-state index contributed by atoms with van der Waals surface area (Å²) >= 11 is 0. The lowest BCUT2D eigenvalue weighted by Gasteiger charge is -2.58. The fourth-order valence-electron chi connectivity index (χ4n) is 12.6. The number of ether oxygens (including phenoxy) is 6. The Morgan fingerprint density at radius 3 is 2.31 bits per heavy atom. The number of allylic oxidation sites excluding steroid dienone is 1. The molecule has 52 heavy (non-hydrogen) atoms. The predicted octanol–water partition coefficient (Wildman–Crippen LogP) is 1.36. The smallest absolute Gasteiger partial charge is 0.187 e. The first-order chi connectivity index (χ1) is 24.7. The van der Waals surface area contributed by atoms with Crippen LogP contribution in [0.2, 0.25) is 0 Å². The fraction of sp³-hybridized carbons (Fsp3) is 0.949. The summed E-state index contributed by atoms with van der Waals surface area (Å²) in [6.45, 7) is 9.02. The highest BCUT2D eigenvalue weighted by Crippen LogP contribution is 2.70. The molecule has 0 aromatic rings. The van der Waals surface area contributed by atoms with Crippen molar-refractivity contribution in [2.24, 2.45) is 46.3 Å². The van der Waals surface area contributed by atoms with Gasteiger partial charge < -0.3 is 64.2 Å². The summed E-state index contributed by atoms with van der Waals surface area (Å²) in [4.78, 5) is 0. The van der Waals surface area contributed by atoms with Crippen LogP contribution in [0.15, 0.2) is 11.6 Å². The van der Waals surface area contributed by atoms with Crippen molar-refractivity contribution in [2.45, 2.75) is 165 Å². The molecule has 4 aliphatic carbocycles. The summed E-state index contributed by atoms with van der Waals surface area (Å²) in [6, 6.07) is 0. The van der Waals surface area contributed by atoms with Crippen LogP contribution in [-0.4, -0.2) is 135 Å². The maximum Gasteiger partial charge on any atom is 0.187 e. The predicted molar refractivity (Wildman–Crippen MR) is 183 cm³/mol. The van der Waals surface area contributed by atoms with Gasteiger partial charge in [-0.05, 0) is 92.8 Å². The zero-order valence-corrected chi connectivity index (χ0v) is 31.0. The molecule has 4 heterocycles. The largest absolute Gasteiger partial charge is 0.396 e. The van der Waals surface area contributed by atoms with Crippen molar-refractivity contribution in [1.82, 2.24) is 0 Å². The fourth-order valence-corrected chi connectivity index (χ4v) is 12.6. The summed E-state index contributed by atoms with van der Waals surface area (Å²) in [6.07, 6.45) is -2.45. The highest BCUT2D eigenvalue weighted by atomic mass is 16.8. The molecule has 8 rings (SSSR count). The van der Waals surface area contributed by atoms with Crippen LogP contribution in [0.4, 0.5) is 0 Å². The van der Waals surface area contributed by atoms with Crippen LogP contribution in [0.3, 0.4) is 0 Å². The molecular formula is C39H62O13. The molecule has 4 aliphatic heterocycles. The second-order valence-electron chi connectivity index (χ2n) is 18.2. The summed E-state index contributed by atoms with van der Waals surface area (Å²) < 4.78 is 37.5. The number of hydrogen-bond acceptors (Lipinski definition) is 13. The number of rotatable bonds is 6. The minimum absolute atomic E-state index is 0.0289. The van der Waals surface area contributed by atoms with Gasteiger partial charge in [0, 0.05) is 24.9 Å². The summed E-state index contributed by atoms with van der Waals surface area (Å²) in [5.74, 6) is 2.17. The average molecular weight is 739 g/mol. The number of hydrogen-bond donors (Lipinski definition) is 7. The Morgan fingerprint density at radius 1 is 0.808 bits per heavy atom. The first kappa shape index (κ1) is 38.1. The molecule has 0 amide bonds. The van der Waals surface area contributed by atoms with Crippen LogP contribution in [-0.2, 0) is 28.4 Å². The van der Waals surface area contributed by atoms with Crippen molar-refractivity contribution < 1.29 is 64.2 Å². The van der Waals surface area contributed by atoms with E-state index in [4.69, 9.17) is 28.4 Å². The lowest BCUT2D eigenvalue weighted by atomic mass is 9.47. The van der Waals surface area contributed by atoms with Crippen molar-refractivity contribution >= 4 is 0 Å². The van der Waals surface area contributed by atoms with Crippen LogP contribution in [0.25, 0.3) is 0 Å². The van der Waals surface area contributed by atoms with Crippen molar-refractivity contribution in [3.05, 3.63) is 11.6 Å². The van der Waals surface area contributed by atoms with Crippen molar-refractivity contribution in [1.29, 1.82) is 0 Å². The molecule has 0 aromatic carbocycles. The lowest BCUT2D eigenvalue weighted by molar-refractivity contribution is -0.369. The molecule has 0 aromatic heterocycles. The highest BCUT2D eigenvalue weighted by Gasteiger charge is 2.69. The molecule has 0 bridgehead atoms. The molecule has 4 saturated heterocycles. The molecule has 3 saturated carbocycles. The monoisotopic (exact) mass is 738 g/mol. The maximum absolute atomic E-state index is 11.1. The van der Waals surface area contributed by atoms with Gasteiger partial charge in [0.1, 0.15) is 42.7 Å². The van der Waals surface area contributed by atoms with Crippen molar-refractivity contribution in [3.8, 4) is 0 Å². The Bertz CT molecular complexity index is 1320. The van der Waals surface area contributed by atoms with E-state index in [2.05, 4.69) is 26.8 Å². The summed E-state index contributed by atoms with van der Waals surface area (Å²) in [5, 5.41) is 72.6. The molecule has 0 radical (unpaired) electrons. The molecule has 296 valence electrons. The zero-order chi connectivity index (χ0) is 36.9. The van der Waals surface area contributed by atoms with Gasteiger partial charge in [-0.2, -0.15) is 0 Å². The molecule has 21 atom stereocenters. The molecule has 13 heteroatoms. The van der Waals surface area contributed by atoms with Crippen LogP contribution >= 0.6 is 0 Å². The van der Waals surface area contributed by atoms with E-state index in [1.165, 1.54) is 25.3 Å². The van der Waals surface area contributed by atoms with Gasteiger partial charge in [0.15, 0.2) is 18.4 Å². The molecule has 7 N–H and O–H groups in total. The highest BCUT2D eigenvalue weighted by molar-refractivity contribution is 5.26. The minimum atomic E-state index is -1.62. The van der Waals surface area contributed by atoms with Gasteiger partial charge in [-0.3, -0.25) is 0 Å². The number of aliphatic hydroxyl groups excluding tert-OH is 7. The van der Waals surface area contributed by atoms with E-state index in [-0.39, 0.29) is 35.6 Å². The Morgan fingerprint density at radius 2 is 1.60 bits per heavy atom. The molecule has 8 aliphatic rings. The third kappa shape index (κ3) is 5.90. The number of aliphatic hydroxyl groups is 7. The van der Waals surface area contributed by atoms with Crippen LogP contribution in [0.5, 0.6) is 0 Å². The first-order valence-corrected chi connectivity index (χ1v) is 20.0. The van der Waals surface area contributed by atoms with Gasteiger partial charge in [0.05, 0.1) is 31.5 Å². The molecule has 13 nitrogen and oxygen atoms in total. The van der Waals surface area contributed by atoms with E-state index < -0.39 is 73.8 Å². The SMILES string of the molecule is C[C@@H]1O[C@@H](O[C@H]2[C@H](O[C@H]3CC[C@@]4(C)C(=CC[C@H]5[C@@H]6C[C@@H]7O[C@]8(CC[C@H](CO)CO8)[C@@H](C)[C@@H]7[C@@]6(C)CC[C@@H]54)C3)O[C@H](CO)[C@@H](O)[C@@H]2O)[C@H](O)[C@H](O)[C@H]1O. The average Bonchev–Trinajstić information content (AvgIpc) is 3.58. The Labute approximate surface area is 306 Å². The van der Waals surface area contributed by atoms with E-state index in [1.807, 2.05) is 0 Å².